The number of ether oxygens (including phenoxy) is 2. The maximum atomic E-state index is 12.2. The van der Waals surface area contributed by atoms with Crippen LogP contribution in [0.5, 0.6) is 11.5 Å². The van der Waals surface area contributed by atoms with E-state index in [1.165, 1.54) is 0 Å². The minimum atomic E-state index is -0.202. The Balaban J connectivity index is 1.99. The van der Waals surface area contributed by atoms with Crippen molar-refractivity contribution >= 4 is 23.2 Å². The van der Waals surface area contributed by atoms with E-state index in [0.717, 1.165) is 18.6 Å². The summed E-state index contributed by atoms with van der Waals surface area (Å²) < 4.78 is 10.7. The monoisotopic (exact) mass is 333 g/mol. The van der Waals surface area contributed by atoms with Gasteiger partial charge < -0.3 is 14.8 Å². The van der Waals surface area contributed by atoms with Gasteiger partial charge in [-0.25, -0.2) is 0 Å². The number of anilines is 1. The Bertz CT molecular complexity index is 656. The molecule has 122 valence electrons. The third kappa shape index (κ3) is 4.89. The lowest BCUT2D eigenvalue weighted by atomic mass is 10.2. The largest absolute Gasteiger partial charge is 0.495 e. The second-order valence-corrected chi connectivity index (χ2v) is 5.44. The molecule has 1 N–H and O–H groups in total. The Hall–Kier alpha value is -2.20. The van der Waals surface area contributed by atoms with Gasteiger partial charge in [0.15, 0.2) is 0 Å². The van der Waals surface area contributed by atoms with Gasteiger partial charge in [-0.05, 0) is 48.9 Å². The number of methoxy groups -OCH3 is 1. The lowest BCUT2D eigenvalue weighted by Crippen LogP contribution is -2.11. The fourth-order valence-electron chi connectivity index (χ4n) is 1.98. The minimum absolute atomic E-state index is 0.202. The third-order valence-electron chi connectivity index (χ3n) is 3.29. The lowest BCUT2D eigenvalue weighted by molar-refractivity contribution is 0.102. The van der Waals surface area contributed by atoms with E-state index >= 15 is 0 Å². The van der Waals surface area contributed by atoms with Crippen molar-refractivity contribution in [2.24, 2.45) is 0 Å². The quantitative estimate of drug-likeness (QED) is 0.742. The van der Waals surface area contributed by atoms with Crippen LogP contribution in [0.2, 0.25) is 5.02 Å². The second kappa shape index (κ2) is 8.44. The zero-order valence-electron chi connectivity index (χ0n) is 13.3. The van der Waals surface area contributed by atoms with Crippen molar-refractivity contribution in [1.29, 1.82) is 0 Å². The van der Waals surface area contributed by atoms with E-state index in [1.54, 1.807) is 49.6 Å². The van der Waals surface area contributed by atoms with Crippen molar-refractivity contribution in [2.45, 2.75) is 19.8 Å². The summed E-state index contributed by atoms with van der Waals surface area (Å²) in [7, 11) is 1.55. The van der Waals surface area contributed by atoms with Gasteiger partial charge in [-0.15, -0.1) is 0 Å². The molecule has 2 aromatic rings. The highest BCUT2D eigenvalue weighted by atomic mass is 35.5. The lowest BCUT2D eigenvalue weighted by Gasteiger charge is -2.09. The molecule has 0 unspecified atom stereocenters. The Morgan fingerprint density at radius 1 is 1.17 bits per heavy atom. The van der Waals surface area contributed by atoms with Crippen LogP contribution in [0, 0.1) is 0 Å². The highest BCUT2D eigenvalue weighted by Gasteiger charge is 2.08. The van der Waals surface area contributed by atoms with Gasteiger partial charge in [0, 0.05) is 11.3 Å². The Morgan fingerprint density at radius 3 is 2.52 bits per heavy atom. The Kier molecular flexibility index (Phi) is 6.29. The fraction of sp³-hybridized carbons (Fsp3) is 0.278. The zero-order chi connectivity index (χ0) is 16.7. The molecule has 0 aliphatic carbocycles. The molecule has 23 heavy (non-hydrogen) atoms. The van der Waals surface area contributed by atoms with E-state index < -0.39 is 0 Å². The van der Waals surface area contributed by atoms with Crippen molar-refractivity contribution in [3.05, 3.63) is 53.1 Å². The molecule has 0 heterocycles. The van der Waals surface area contributed by atoms with Crippen LogP contribution in [0.1, 0.15) is 30.1 Å². The van der Waals surface area contributed by atoms with E-state index in [4.69, 9.17) is 21.1 Å². The summed E-state index contributed by atoms with van der Waals surface area (Å²) >= 11 is 6.05. The van der Waals surface area contributed by atoms with Crippen LogP contribution in [-0.4, -0.2) is 19.6 Å². The smallest absolute Gasteiger partial charge is 0.255 e. The predicted molar refractivity (Wildman–Crippen MR) is 92.8 cm³/mol. The maximum Gasteiger partial charge on any atom is 0.255 e. The molecule has 0 bridgehead atoms. The van der Waals surface area contributed by atoms with Crippen LogP contribution in [0.3, 0.4) is 0 Å². The van der Waals surface area contributed by atoms with E-state index in [-0.39, 0.29) is 5.91 Å². The summed E-state index contributed by atoms with van der Waals surface area (Å²) in [5.41, 5.74) is 1.17. The van der Waals surface area contributed by atoms with Crippen molar-refractivity contribution in [2.75, 3.05) is 19.0 Å². The summed E-state index contributed by atoms with van der Waals surface area (Å²) in [6, 6.07) is 12.2. The van der Waals surface area contributed by atoms with Gasteiger partial charge in [0.1, 0.15) is 11.5 Å². The number of halogens is 1. The first-order valence-corrected chi connectivity index (χ1v) is 7.89. The zero-order valence-corrected chi connectivity index (χ0v) is 14.0. The average Bonchev–Trinajstić information content (AvgIpc) is 2.56. The number of unbranched alkanes of at least 4 members (excludes halogenated alkanes) is 1. The van der Waals surface area contributed by atoms with Gasteiger partial charge in [-0.2, -0.15) is 0 Å². The van der Waals surface area contributed by atoms with Gasteiger partial charge in [-0.3, -0.25) is 4.79 Å². The van der Waals surface area contributed by atoms with Gasteiger partial charge in [0.05, 0.1) is 18.7 Å². The summed E-state index contributed by atoms with van der Waals surface area (Å²) in [4.78, 5) is 12.2. The molecule has 0 aliphatic heterocycles. The van der Waals surface area contributed by atoms with E-state index in [1.807, 2.05) is 0 Å². The molecule has 4 nitrogen and oxygen atoms in total. The highest BCUT2D eigenvalue weighted by molar-refractivity contribution is 6.32. The van der Waals surface area contributed by atoms with Gasteiger partial charge >= 0.3 is 0 Å². The van der Waals surface area contributed by atoms with E-state index in [2.05, 4.69) is 12.2 Å². The standard InChI is InChI=1S/C18H20ClNO3/c1-3-4-11-23-15-8-5-13(6-9-15)18(21)20-14-7-10-17(22-2)16(19)12-14/h5-10,12H,3-4,11H2,1-2H3,(H,20,21). The molecule has 0 fully saturated rings. The first kappa shape index (κ1) is 17.2. The van der Waals surface area contributed by atoms with Gasteiger partial charge in [0.25, 0.3) is 5.91 Å². The topological polar surface area (TPSA) is 47.6 Å². The summed E-state index contributed by atoms with van der Waals surface area (Å²) in [6.45, 7) is 2.80. The number of hydrogen-bond donors (Lipinski definition) is 1. The molecule has 0 saturated heterocycles. The van der Waals surface area contributed by atoms with E-state index in [9.17, 15) is 4.79 Å². The number of carbonyl (C=O) groups excluding carboxylic acids is 1. The van der Waals surface area contributed by atoms with Crippen molar-refractivity contribution in [3.8, 4) is 11.5 Å². The SMILES string of the molecule is CCCCOc1ccc(C(=O)Nc2ccc(OC)c(Cl)c2)cc1. The van der Waals surface area contributed by atoms with E-state index in [0.29, 0.717) is 28.6 Å². The van der Waals surface area contributed by atoms with Crippen LogP contribution in [0.25, 0.3) is 0 Å². The second-order valence-electron chi connectivity index (χ2n) is 5.03. The molecule has 1 amide bonds. The summed E-state index contributed by atoms with van der Waals surface area (Å²) in [6.07, 6.45) is 2.10. The van der Waals surface area contributed by atoms with Crippen LogP contribution in [0.15, 0.2) is 42.5 Å². The minimum Gasteiger partial charge on any atom is -0.495 e. The molecule has 0 radical (unpaired) electrons. The molecule has 0 saturated carbocycles. The average molecular weight is 334 g/mol. The number of benzene rings is 2. The normalized spacial score (nSPS) is 10.2. The summed E-state index contributed by atoms with van der Waals surface area (Å²) in [5.74, 6) is 1.13. The molecule has 0 aromatic heterocycles. The fourth-order valence-corrected chi connectivity index (χ4v) is 2.24. The van der Waals surface area contributed by atoms with Gasteiger partial charge in [0.2, 0.25) is 0 Å². The maximum absolute atomic E-state index is 12.2. The molecular formula is C18H20ClNO3. The van der Waals surface area contributed by atoms with Crippen molar-refractivity contribution in [3.63, 3.8) is 0 Å². The van der Waals surface area contributed by atoms with Crippen LogP contribution < -0.4 is 14.8 Å². The molecule has 0 spiro atoms. The first-order valence-electron chi connectivity index (χ1n) is 7.51. The Labute approximate surface area is 141 Å². The third-order valence-corrected chi connectivity index (χ3v) is 3.59. The van der Waals surface area contributed by atoms with Crippen LogP contribution in [-0.2, 0) is 0 Å². The van der Waals surface area contributed by atoms with Crippen LogP contribution in [0.4, 0.5) is 5.69 Å². The number of hydrogen-bond acceptors (Lipinski definition) is 3. The number of amides is 1. The molecular weight excluding hydrogens is 314 g/mol. The molecule has 5 heteroatoms. The first-order chi connectivity index (χ1) is 11.1. The van der Waals surface area contributed by atoms with Crippen LogP contribution >= 0.6 is 11.6 Å². The predicted octanol–water partition coefficient (Wildman–Crippen LogP) is 4.78. The highest BCUT2D eigenvalue weighted by Crippen LogP contribution is 2.27. The number of rotatable bonds is 7. The molecule has 2 aromatic carbocycles. The van der Waals surface area contributed by atoms with Crippen molar-refractivity contribution < 1.29 is 14.3 Å². The van der Waals surface area contributed by atoms with Crippen molar-refractivity contribution in [1.82, 2.24) is 0 Å². The molecule has 0 atom stereocenters. The molecule has 2 rings (SSSR count). The van der Waals surface area contributed by atoms with Gasteiger partial charge in [-0.1, -0.05) is 24.9 Å². The summed E-state index contributed by atoms with van der Waals surface area (Å²) in [5, 5.41) is 3.25. The number of nitrogens with one attached hydrogen (secondary N) is 1. The Morgan fingerprint density at radius 2 is 1.91 bits per heavy atom. The number of carbonyl (C=O) groups is 1. The molecule has 0 aliphatic rings.